The first-order valence-electron chi connectivity index (χ1n) is 6.35. The first-order valence-corrected chi connectivity index (χ1v) is 6.89. The number of ether oxygens (including phenoxy) is 1. The van der Waals surface area contributed by atoms with E-state index in [0.29, 0.717) is 31.0 Å². The van der Waals surface area contributed by atoms with Crippen LogP contribution in [0.15, 0.2) is 18.2 Å². The third kappa shape index (κ3) is 2.40. The van der Waals surface area contributed by atoms with Gasteiger partial charge in [-0.3, -0.25) is 0 Å². The summed E-state index contributed by atoms with van der Waals surface area (Å²) in [5.41, 5.74) is 1.59. The first kappa shape index (κ1) is 12.7. The standard InChI is InChI=1S/C13H15ClFN3O/c14-4-3-13-16-11-9-10(15)1-2-12(11)18(13)17-5-7-19-8-6-17/h1-2,9H,3-8H2. The van der Waals surface area contributed by atoms with Crippen molar-refractivity contribution in [2.75, 3.05) is 37.2 Å². The summed E-state index contributed by atoms with van der Waals surface area (Å²) in [4.78, 5) is 4.49. The van der Waals surface area contributed by atoms with Crippen molar-refractivity contribution >= 4 is 22.6 Å². The Hall–Kier alpha value is -1.33. The molecule has 0 N–H and O–H groups in total. The highest BCUT2D eigenvalue weighted by Crippen LogP contribution is 2.19. The molecule has 1 saturated heterocycles. The van der Waals surface area contributed by atoms with Crippen molar-refractivity contribution in [3.8, 4) is 0 Å². The average molecular weight is 284 g/mol. The summed E-state index contributed by atoms with van der Waals surface area (Å²) in [6.07, 6.45) is 0.662. The lowest BCUT2D eigenvalue weighted by molar-refractivity contribution is 0.111. The second-order valence-corrected chi connectivity index (χ2v) is 4.86. The maximum atomic E-state index is 13.3. The molecule has 6 heteroatoms. The SMILES string of the molecule is Fc1ccc2c(c1)nc(CCCl)n2N1CCOCC1. The Morgan fingerprint density at radius 3 is 2.84 bits per heavy atom. The Labute approximate surface area is 115 Å². The van der Waals surface area contributed by atoms with Crippen LogP contribution in [0, 0.1) is 5.82 Å². The number of hydrogen-bond donors (Lipinski definition) is 0. The number of fused-ring (bicyclic) bond motifs is 1. The number of alkyl halides is 1. The van der Waals surface area contributed by atoms with E-state index < -0.39 is 0 Å². The fraction of sp³-hybridized carbons (Fsp3) is 0.462. The van der Waals surface area contributed by atoms with Crippen LogP contribution in [-0.4, -0.2) is 41.8 Å². The average Bonchev–Trinajstić information content (AvgIpc) is 2.77. The quantitative estimate of drug-likeness (QED) is 0.807. The van der Waals surface area contributed by atoms with Crippen LogP contribution < -0.4 is 5.01 Å². The van der Waals surface area contributed by atoms with Crippen molar-refractivity contribution in [3.05, 3.63) is 29.8 Å². The number of benzene rings is 1. The molecular weight excluding hydrogens is 269 g/mol. The summed E-state index contributed by atoms with van der Waals surface area (Å²) in [5.74, 6) is 1.10. The van der Waals surface area contributed by atoms with Gasteiger partial charge in [0.1, 0.15) is 11.6 Å². The molecule has 0 aliphatic carbocycles. The van der Waals surface area contributed by atoms with E-state index in [2.05, 4.69) is 14.7 Å². The van der Waals surface area contributed by atoms with E-state index in [1.165, 1.54) is 12.1 Å². The van der Waals surface area contributed by atoms with E-state index in [4.69, 9.17) is 16.3 Å². The molecule has 0 unspecified atom stereocenters. The molecule has 102 valence electrons. The van der Waals surface area contributed by atoms with E-state index in [-0.39, 0.29) is 5.82 Å². The van der Waals surface area contributed by atoms with Crippen molar-refractivity contribution < 1.29 is 9.13 Å². The number of aryl methyl sites for hydroxylation is 1. The van der Waals surface area contributed by atoms with Crippen LogP contribution >= 0.6 is 11.6 Å². The summed E-state index contributed by atoms with van der Waals surface area (Å²) in [7, 11) is 0. The third-order valence-corrected chi connectivity index (χ3v) is 3.44. The lowest BCUT2D eigenvalue weighted by atomic mass is 10.3. The van der Waals surface area contributed by atoms with Crippen LogP contribution in [0.25, 0.3) is 11.0 Å². The molecule has 19 heavy (non-hydrogen) atoms. The maximum Gasteiger partial charge on any atom is 0.130 e. The molecule has 0 saturated carbocycles. The Morgan fingerprint density at radius 1 is 1.32 bits per heavy atom. The van der Waals surface area contributed by atoms with Gasteiger partial charge in [0.25, 0.3) is 0 Å². The van der Waals surface area contributed by atoms with E-state index in [0.717, 1.165) is 24.4 Å². The summed E-state index contributed by atoms with van der Waals surface area (Å²) in [5, 5.41) is 2.18. The molecule has 0 amide bonds. The minimum absolute atomic E-state index is 0.267. The van der Waals surface area contributed by atoms with Gasteiger partial charge in [-0.25, -0.2) is 14.1 Å². The van der Waals surface area contributed by atoms with Gasteiger partial charge in [-0.05, 0) is 12.1 Å². The van der Waals surface area contributed by atoms with Crippen LogP contribution in [0.2, 0.25) is 0 Å². The normalized spacial score (nSPS) is 16.2. The molecule has 3 rings (SSSR count). The van der Waals surface area contributed by atoms with E-state index >= 15 is 0 Å². The number of aromatic nitrogens is 2. The van der Waals surface area contributed by atoms with Crippen LogP contribution in [0.4, 0.5) is 4.39 Å². The maximum absolute atomic E-state index is 13.3. The molecule has 0 atom stereocenters. The van der Waals surface area contributed by atoms with Crippen molar-refractivity contribution in [3.63, 3.8) is 0 Å². The van der Waals surface area contributed by atoms with Crippen LogP contribution in [0.3, 0.4) is 0 Å². The zero-order valence-electron chi connectivity index (χ0n) is 10.5. The number of halogens is 2. The third-order valence-electron chi connectivity index (χ3n) is 3.25. The molecular formula is C13H15ClFN3O. The largest absolute Gasteiger partial charge is 0.378 e. The summed E-state index contributed by atoms with van der Waals surface area (Å²) >= 11 is 5.84. The van der Waals surface area contributed by atoms with Gasteiger partial charge in [0.2, 0.25) is 0 Å². The minimum atomic E-state index is -0.267. The molecule has 1 fully saturated rings. The monoisotopic (exact) mass is 283 g/mol. The predicted octanol–water partition coefficient (Wildman–Crippen LogP) is 1.92. The predicted molar refractivity (Wildman–Crippen MR) is 72.9 cm³/mol. The van der Waals surface area contributed by atoms with Gasteiger partial charge in [0.15, 0.2) is 0 Å². The number of hydrogen-bond acceptors (Lipinski definition) is 3. The van der Waals surface area contributed by atoms with Crippen LogP contribution in [0.1, 0.15) is 5.82 Å². The van der Waals surface area contributed by atoms with Gasteiger partial charge in [-0.1, -0.05) is 0 Å². The van der Waals surface area contributed by atoms with Gasteiger partial charge < -0.3 is 9.75 Å². The molecule has 1 aliphatic heterocycles. The molecule has 0 radical (unpaired) electrons. The van der Waals surface area contributed by atoms with Gasteiger partial charge in [-0.2, -0.15) is 0 Å². The second-order valence-electron chi connectivity index (χ2n) is 4.48. The van der Waals surface area contributed by atoms with Crippen molar-refractivity contribution in [2.24, 2.45) is 0 Å². The molecule has 0 spiro atoms. The highest BCUT2D eigenvalue weighted by molar-refractivity contribution is 6.17. The summed E-state index contributed by atoms with van der Waals surface area (Å²) in [6, 6.07) is 4.69. The van der Waals surface area contributed by atoms with Gasteiger partial charge in [0.05, 0.1) is 37.3 Å². The zero-order valence-corrected chi connectivity index (χ0v) is 11.2. The molecule has 0 bridgehead atoms. The highest BCUT2D eigenvalue weighted by atomic mass is 35.5. The number of imidazole rings is 1. The number of rotatable bonds is 3. The molecule has 1 aliphatic rings. The number of nitrogens with zero attached hydrogens (tertiary/aromatic N) is 3. The first-order chi connectivity index (χ1) is 9.29. The van der Waals surface area contributed by atoms with Crippen molar-refractivity contribution in [1.29, 1.82) is 0 Å². The highest BCUT2D eigenvalue weighted by Gasteiger charge is 2.18. The fourth-order valence-electron chi connectivity index (χ4n) is 2.41. The molecule has 2 heterocycles. The second kappa shape index (κ2) is 5.35. The van der Waals surface area contributed by atoms with Crippen molar-refractivity contribution in [1.82, 2.24) is 9.66 Å². The summed E-state index contributed by atoms with van der Waals surface area (Å²) < 4.78 is 20.7. The number of morpholine rings is 1. The van der Waals surface area contributed by atoms with Crippen LogP contribution in [0.5, 0.6) is 0 Å². The molecule has 4 nitrogen and oxygen atoms in total. The van der Waals surface area contributed by atoms with Gasteiger partial charge >= 0.3 is 0 Å². The molecule has 2 aromatic rings. The van der Waals surface area contributed by atoms with Crippen LogP contribution in [-0.2, 0) is 11.2 Å². The van der Waals surface area contributed by atoms with E-state index in [9.17, 15) is 4.39 Å². The van der Waals surface area contributed by atoms with Gasteiger partial charge in [0, 0.05) is 18.4 Å². The van der Waals surface area contributed by atoms with Gasteiger partial charge in [-0.15, -0.1) is 11.6 Å². The lowest BCUT2D eigenvalue weighted by Crippen LogP contribution is -2.44. The van der Waals surface area contributed by atoms with Crippen molar-refractivity contribution in [2.45, 2.75) is 6.42 Å². The topological polar surface area (TPSA) is 30.3 Å². The lowest BCUT2D eigenvalue weighted by Gasteiger charge is -2.31. The van der Waals surface area contributed by atoms with E-state index in [1.807, 2.05) is 0 Å². The molecule has 1 aromatic heterocycles. The Kier molecular flexibility index (Phi) is 3.57. The fourth-order valence-corrected chi connectivity index (χ4v) is 2.58. The minimum Gasteiger partial charge on any atom is -0.378 e. The van der Waals surface area contributed by atoms with E-state index in [1.54, 1.807) is 6.07 Å². The Morgan fingerprint density at radius 2 is 2.11 bits per heavy atom. The smallest absolute Gasteiger partial charge is 0.130 e. The summed E-state index contributed by atoms with van der Waals surface area (Å²) in [6.45, 7) is 3.00. The Balaban J connectivity index is 2.09. The zero-order chi connectivity index (χ0) is 13.2. The Bertz CT molecular complexity index is 581. The molecule has 1 aromatic carbocycles.